The predicted molar refractivity (Wildman–Crippen MR) is 101 cm³/mol. The summed E-state index contributed by atoms with van der Waals surface area (Å²) in [5.74, 6) is 1.29. The number of carbonyl (C=O) groups excluding carboxylic acids is 1. The van der Waals surface area contributed by atoms with Gasteiger partial charge in [0, 0.05) is 30.5 Å². The summed E-state index contributed by atoms with van der Waals surface area (Å²) < 4.78 is 5.79. The lowest BCUT2D eigenvalue weighted by Gasteiger charge is -2.23. The van der Waals surface area contributed by atoms with Crippen LogP contribution in [-0.4, -0.2) is 23.0 Å². The van der Waals surface area contributed by atoms with Crippen LogP contribution in [0.4, 0.5) is 0 Å². The Morgan fingerprint density at radius 1 is 1.25 bits per heavy atom. The molecule has 24 heavy (non-hydrogen) atoms. The molecule has 0 saturated carbocycles. The van der Waals surface area contributed by atoms with Crippen LogP contribution in [-0.2, 0) is 11.2 Å². The number of nitrogens with two attached hydrogens (primary N) is 1. The molecule has 5 nitrogen and oxygen atoms in total. The van der Waals surface area contributed by atoms with Gasteiger partial charge in [-0.05, 0) is 20.8 Å². The predicted octanol–water partition coefficient (Wildman–Crippen LogP) is 3.28. The molecule has 1 amide bonds. The highest BCUT2D eigenvalue weighted by Gasteiger charge is 2.19. The molecular weight excluding hydrogens is 349 g/mol. The Kier molecular flexibility index (Phi) is 9.04. The molecule has 2 rings (SSSR count). The Morgan fingerprint density at radius 3 is 2.46 bits per heavy atom. The first-order valence-corrected chi connectivity index (χ1v) is 7.44. The van der Waals surface area contributed by atoms with Crippen molar-refractivity contribution in [3.8, 4) is 11.3 Å². The summed E-state index contributed by atoms with van der Waals surface area (Å²) in [4.78, 5) is 16.3. The summed E-state index contributed by atoms with van der Waals surface area (Å²) in [5, 5.41) is 2.90. The molecule has 1 heterocycles. The number of rotatable bonds is 6. The number of aryl methyl sites for hydroxylation is 2. The SMILES string of the molecule is Cc1nc(CCC(=O)NC(C)(C)CN)oc1-c1ccccc1.Cl.Cl. The van der Waals surface area contributed by atoms with E-state index in [0.29, 0.717) is 25.3 Å². The van der Waals surface area contributed by atoms with E-state index in [1.54, 1.807) is 0 Å². The third-order valence-corrected chi connectivity index (χ3v) is 3.43. The van der Waals surface area contributed by atoms with Crippen molar-refractivity contribution >= 4 is 30.7 Å². The molecule has 0 aliphatic rings. The van der Waals surface area contributed by atoms with Gasteiger partial charge in [-0.25, -0.2) is 4.98 Å². The van der Waals surface area contributed by atoms with Crippen LogP contribution in [0.25, 0.3) is 11.3 Å². The van der Waals surface area contributed by atoms with Crippen molar-refractivity contribution in [3.05, 3.63) is 41.9 Å². The van der Waals surface area contributed by atoms with Gasteiger partial charge in [0.15, 0.2) is 11.7 Å². The number of hydrogen-bond donors (Lipinski definition) is 2. The number of oxazole rings is 1. The molecular formula is C17H25Cl2N3O2. The Labute approximate surface area is 155 Å². The lowest BCUT2D eigenvalue weighted by molar-refractivity contribution is -0.122. The zero-order valence-electron chi connectivity index (χ0n) is 14.2. The normalized spacial score (nSPS) is 10.5. The van der Waals surface area contributed by atoms with Crippen molar-refractivity contribution in [1.29, 1.82) is 0 Å². The van der Waals surface area contributed by atoms with Crippen LogP contribution >= 0.6 is 24.8 Å². The lowest BCUT2D eigenvalue weighted by atomic mass is 10.1. The standard InChI is InChI=1S/C17H23N3O2.2ClH/c1-12-16(13-7-5-4-6-8-13)22-15(19-12)10-9-14(21)20-17(2,3)11-18;;/h4-8H,9-11,18H2,1-3H3,(H,20,21);2*1H. The first kappa shape index (κ1) is 22.4. The van der Waals surface area contributed by atoms with E-state index in [9.17, 15) is 4.79 Å². The number of benzene rings is 1. The number of halogens is 2. The van der Waals surface area contributed by atoms with Gasteiger partial charge in [-0.15, -0.1) is 24.8 Å². The minimum absolute atomic E-state index is 0. The molecule has 0 saturated heterocycles. The van der Waals surface area contributed by atoms with Gasteiger partial charge in [-0.2, -0.15) is 0 Å². The molecule has 3 N–H and O–H groups in total. The molecule has 0 bridgehead atoms. The average Bonchev–Trinajstić information content (AvgIpc) is 2.87. The molecule has 1 aromatic heterocycles. The first-order valence-electron chi connectivity index (χ1n) is 7.44. The van der Waals surface area contributed by atoms with Crippen molar-refractivity contribution in [2.45, 2.75) is 39.2 Å². The van der Waals surface area contributed by atoms with Gasteiger partial charge in [0.05, 0.1) is 5.69 Å². The van der Waals surface area contributed by atoms with E-state index < -0.39 is 5.54 Å². The number of nitrogens with zero attached hydrogens (tertiary/aromatic N) is 1. The van der Waals surface area contributed by atoms with Gasteiger partial charge in [0.2, 0.25) is 5.91 Å². The van der Waals surface area contributed by atoms with Crippen LogP contribution in [0, 0.1) is 6.92 Å². The number of aromatic nitrogens is 1. The second kappa shape index (κ2) is 9.67. The fourth-order valence-corrected chi connectivity index (χ4v) is 2.13. The summed E-state index contributed by atoms with van der Waals surface area (Å²) in [6.07, 6.45) is 0.803. The zero-order chi connectivity index (χ0) is 16.2. The Morgan fingerprint density at radius 2 is 1.88 bits per heavy atom. The van der Waals surface area contributed by atoms with Gasteiger partial charge < -0.3 is 15.5 Å². The van der Waals surface area contributed by atoms with E-state index in [-0.39, 0.29) is 30.7 Å². The maximum atomic E-state index is 11.9. The fraction of sp³-hybridized carbons (Fsp3) is 0.412. The molecule has 0 aliphatic heterocycles. The van der Waals surface area contributed by atoms with Gasteiger partial charge in [-0.1, -0.05) is 30.3 Å². The molecule has 0 radical (unpaired) electrons. The summed E-state index contributed by atoms with van der Waals surface area (Å²) in [5.41, 5.74) is 7.04. The van der Waals surface area contributed by atoms with Crippen LogP contribution < -0.4 is 11.1 Å². The minimum Gasteiger partial charge on any atom is -0.440 e. The van der Waals surface area contributed by atoms with Gasteiger partial charge in [-0.3, -0.25) is 4.79 Å². The van der Waals surface area contributed by atoms with E-state index in [2.05, 4.69) is 10.3 Å². The molecule has 134 valence electrons. The molecule has 0 aliphatic carbocycles. The lowest BCUT2D eigenvalue weighted by Crippen LogP contribution is -2.48. The van der Waals surface area contributed by atoms with Crippen LogP contribution in [0.1, 0.15) is 31.9 Å². The van der Waals surface area contributed by atoms with Crippen molar-refractivity contribution in [3.63, 3.8) is 0 Å². The van der Waals surface area contributed by atoms with Crippen LogP contribution in [0.3, 0.4) is 0 Å². The average molecular weight is 374 g/mol. The van der Waals surface area contributed by atoms with E-state index >= 15 is 0 Å². The highest BCUT2D eigenvalue weighted by molar-refractivity contribution is 5.85. The Hall–Kier alpha value is -1.56. The molecule has 7 heteroatoms. The van der Waals surface area contributed by atoms with E-state index in [4.69, 9.17) is 10.2 Å². The van der Waals surface area contributed by atoms with Crippen LogP contribution in [0.5, 0.6) is 0 Å². The van der Waals surface area contributed by atoms with Crippen molar-refractivity contribution in [1.82, 2.24) is 10.3 Å². The molecule has 0 atom stereocenters. The largest absolute Gasteiger partial charge is 0.440 e. The molecule has 0 fully saturated rings. The summed E-state index contributed by atoms with van der Waals surface area (Å²) >= 11 is 0. The van der Waals surface area contributed by atoms with Crippen molar-refractivity contribution in [2.24, 2.45) is 5.73 Å². The van der Waals surface area contributed by atoms with Crippen LogP contribution in [0.2, 0.25) is 0 Å². The zero-order valence-corrected chi connectivity index (χ0v) is 15.8. The topological polar surface area (TPSA) is 81.2 Å². The van der Waals surface area contributed by atoms with E-state index in [1.807, 2.05) is 51.1 Å². The van der Waals surface area contributed by atoms with Crippen LogP contribution in [0.15, 0.2) is 34.7 Å². The summed E-state index contributed by atoms with van der Waals surface area (Å²) in [6, 6.07) is 9.83. The van der Waals surface area contributed by atoms with E-state index in [1.165, 1.54) is 0 Å². The van der Waals surface area contributed by atoms with Gasteiger partial charge >= 0.3 is 0 Å². The second-order valence-corrected chi connectivity index (χ2v) is 6.02. The van der Waals surface area contributed by atoms with Crippen molar-refractivity contribution < 1.29 is 9.21 Å². The molecule has 0 unspecified atom stereocenters. The Balaban J connectivity index is 0.00000264. The van der Waals surface area contributed by atoms with Crippen molar-refractivity contribution in [2.75, 3.05) is 6.54 Å². The second-order valence-electron chi connectivity index (χ2n) is 6.02. The maximum Gasteiger partial charge on any atom is 0.220 e. The quantitative estimate of drug-likeness (QED) is 0.813. The minimum atomic E-state index is -0.390. The monoisotopic (exact) mass is 373 g/mol. The van der Waals surface area contributed by atoms with Gasteiger partial charge in [0.25, 0.3) is 0 Å². The smallest absolute Gasteiger partial charge is 0.220 e. The first-order chi connectivity index (χ1) is 10.4. The van der Waals surface area contributed by atoms with Gasteiger partial charge in [0.1, 0.15) is 0 Å². The fourth-order valence-electron chi connectivity index (χ4n) is 2.13. The summed E-state index contributed by atoms with van der Waals surface area (Å²) in [6.45, 7) is 6.10. The Bertz CT molecular complexity index is 643. The van der Waals surface area contributed by atoms with E-state index in [0.717, 1.165) is 17.0 Å². The maximum absolute atomic E-state index is 11.9. The number of amides is 1. The molecule has 2 aromatic rings. The highest BCUT2D eigenvalue weighted by atomic mass is 35.5. The molecule has 0 spiro atoms. The number of nitrogens with one attached hydrogen (secondary N) is 1. The summed E-state index contributed by atoms with van der Waals surface area (Å²) in [7, 11) is 0. The molecule has 1 aromatic carbocycles. The third kappa shape index (κ3) is 6.15. The highest BCUT2D eigenvalue weighted by Crippen LogP contribution is 2.24. The third-order valence-electron chi connectivity index (χ3n) is 3.43. The number of carbonyl (C=O) groups is 1. The number of hydrogen-bond acceptors (Lipinski definition) is 4.